The highest BCUT2D eigenvalue weighted by Crippen LogP contribution is 2.35. The van der Waals surface area contributed by atoms with E-state index in [2.05, 4.69) is 51.5 Å². The number of hydrogen-bond donors (Lipinski definition) is 1. The van der Waals surface area contributed by atoms with Gasteiger partial charge in [-0.15, -0.1) is 11.3 Å². The molecule has 166 valence electrons. The minimum absolute atomic E-state index is 0.0668. The van der Waals surface area contributed by atoms with Crippen LogP contribution in [-0.4, -0.2) is 43.1 Å². The van der Waals surface area contributed by atoms with Gasteiger partial charge in [0.1, 0.15) is 4.83 Å². The summed E-state index contributed by atoms with van der Waals surface area (Å²) in [6.45, 7) is 5.57. The minimum atomic E-state index is 0.0668. The molecule has 0 unspecified atom stereocenters. The van der Waals surface area contributed by atoms with Crippen LogP contribution in [0.1, 0.15) is 53.0 Å². The zero-order valence-corrected chi connectivity index (χ0v) is 19.5. The third-order valence-electron chi connectivity index (χ3n) is 6.49. The second-order valence-electron chi connectivity index (χ2n) is 8.39. The van der Waals surface area contributed by atoms with E-state index in [0.717, 1.165) is 53.7 Å². The molecule has 7 nitrogen and oxygen atoms in total. The number of benzene rings is 1. The lowest BCUT2D eigenvalue weighted by molar-refractivity contribution is 0.0705. The van der Waals surface area contributed by atoms with Gasteiger partial charge in [-0.25, -0.2) is 4.98 Å². The van der Waals surface area contributed by atoms with Gasteiger partial charge in [-0.05, 0) is 37.8 Å². The van der Waals surface area contributed by atoms with Crippen molar-refractivity contribution in [2.75, 3.05) is 18.4 Å². The molecule has 3 aromatic heterocycles. The second kappa shape index (κ2) is 8.43. The van der Waals surface area contributed by atoms with Gasteiger partial charge in [0.05, 0.1) is 17.5 Å². The first-order valence-corrected chi connectivity index (χ1v) is 12.0. The average molecular weight is 449 g/mol. The van der Waals surface area contributed by atoms with E-state index in [0.29, 0.717) is 12.1 Å². The Morgan fingerprint density at radius 3 is 2.94 bits per heavy atom. The Kier molecular flexibility index (Phi) is 5.46. The summed E-state index contributed by atoms with van der Waals surface area (Å²) in [5.74, 6) is 1.12. The van der Waals surface area contributed by atoms with E-state index in [4.69, 9.17) is 4.98 Å². The molecule has 0 radical (unpaired) electrons. The molecule has 1 N–H and O–H groups in total. The van der Waals surface area contributed by atoms with E-state index in [-0.39, 0.29) is 11.8 Å². The zero-order valence-electron chi connectivity index (χ0n) is 18.7. The standard InChI is InChI=1S/C24H28N6OS/c1-4-17-8-5-6-10-20(17)26-24-27-21(23-30(24)12-13-32-23)18-9-7-11-29(15-18)22(31)19-14-25-28(3)16(19)2/h5-6,8,10,12-14,18H,4,7,9,11,15H2,1-3H3,(H,26,27)/t18-/m0/s1. The summed E-state index contributed by atoms with van der Waals surface area (Å²) in [6, 6.07) is 8.36. The quantitative estimate of drug-likeness (QED) is 0.478. The van der Waals surface area contributed by atoms with Gasteiger partial charge in [-0.1, -0.05) is 25.1 Å². The number of hydrogen-bond acceptors (Lipinski definition) is 5. The van der Waals surface area contributed by atoms with E-state index < -0.39 is 0 Å². The van der Waals surface area contributed by atoms with Gasteiger partial charge >= 0.3 is 0 Å². The summed E-state index contributed by atoms with van der Waals surface area (Å²) in [4.78, 5) is 21.3. The molecule has 1 amide bonds. The zero-order chi connectivity index (χ0) is 22.2. The lowest BCUT2D eigenvalue weighted by Crippen LogP contribution is -2.39. The van der Waals surface area contributed by atoms with Crippen molar-refractivity contribution in [1.29, 1.82) is 0 Å². The number of rotatable bonds is 5. The molecular formula is C24H28N6OS. The maximum Gasteiger partial charge on any atom is 0.257 e. The molecule has 0 aliphatic carbocycles. The number of nitrogens with one attached hydrogen (secondary N) is 1. The highest BCUT2D eigenvalue weighted by molar-refractivity contribution is 7.15. The number of carbonyl (C=O) groups excluding carboxylic acids is 1. The van der Waals surface area contributed by atoms with Crippen molar-refractivity contribution < 1.29 is 4.79 Å². The molecule has 1 saturated heterocycles. The fourth-order valence-corrected chi connectivity index (χ4v) is 5.44. The Morgan fingerprint density at radius 1 is 1.31 bits per heavy atom. The van der Waals surface area contributed by atoms with Crippen LogP contribution in [-0.2, 0) is 13.5 Å². The maximum atomic E-state index is 13.2. The number of likely N-dealkylation sites (tertiary alicyclic amines) is 1. The van der Waals surface area contributed by atoms with Gasteiger partial charge in [-0.2, -0.15) is 5.10 Å². The molecule has 0 spiro atoms. The number of aromatic nitrogens is 4. The van der Waals surface area contributed by atoms with Crippen LogP contribution < -0.4 is 5.32 Å². The molecule has 1 fully saturated rings. The van der Waals surface area contributed by atoms with Crippen molar-refractivity contribution in [3.63, 3.8) is 0 Å². The van der Waals surface area contributed by atoms with Crippen LogP contribution in [0.3, 0.4) is 0 Å². The summed E-state index contributed by atoms with van der Waals surface area (Å²) in [5, 5.41) is 9.90. The normalized spacial score (nSPS) is 16.6. The first-order valence-electron chi connectivity index (χ1n) is 11.1. The summed E-state index contributed by atoms with van der Waals surface area (Å²) < 4.78 is 3.89. The van der Waals surface area contributed by atoms with Crippen molar-refractivity contribution in [2.45, 2.75) is 39.0 Å². The molecule has 8 heteroatoms. The SMILES string of the molecule is CCc1ccccc1Nc1nc([C@H]2CCCN(C(=O)c3cnn(C)c3C)C2)c2sccn12. The monoisotopic (exact) mass is 448 g/mol. The first-order chi connectivity index (χ1) is 15.6. The topological polar surface area (TPSA) is 67.5 Å². The summed E-state index contributed by atoms with van der Waals surface area (Å²) in [7, 11) is 1.87. The molecule has 1 aromatic carbocycles. The molecule has 0 bridgehead atoms. The Bertz CT molecular complexity index is 1270. The van der Waals surface area contributed by atoms with E-state index in [1.165, 1.54) is 5.56 Å². The van der Waals surface area contributed by atoms with Crippen LogP contribution in [0.4, 0.5) is 11.6 Å². The van der Waals surface area contributed by atoms with Gasteiger partial charge in [-0.3, -0.25) is 13.9 Å². The Morgan fingerprint density at radius 2 is 2.16 bits per heavy atom. The summed E-state index contributed by atoms with van der Waals surface area (Å²) in [6.07, 6.45) is 6.72. The predicted molar refractivity (Wildman–Crippen MR) is 128 cm³/mol. The number of carbonyl (C=O) groups is 1. The van der Waals surface area contributed by atoms with Gasteiger partial charge in [0, 0.05) is 49.0 Å². The van der Waals surface area contributed by atoms with Crippen LogP contribution in [0.5, 0.6) is 0 Å². The van der Waals surface area contributed by atoms with E-state index >= 15 is 0 Å². The predicted octanol–water partition coefficient (Wildman–Crippen LogP) is 4.76. The van der Waals surface area contributed by atoms with Crippen molar-refractivity contribution in [2.24, 2.45) is 7.05 Å². The van der Waals surface area contributed by atoms with E-state index in [1.807, 2.05) is 24.9 Å². The summed E-state index contributed by atoms with van der Waals surface area (Å²) >= 11 is 1.70. The van der Waals surface area contributed by atoms with E-state index in [1.54, 1.807) is 22.2 Å². The van der Waals surface area contributed by atoms with Gasteiger partial charge in [0.2, 0.25) is 5.95 Å². The van der Waals surface area contributed by atoms with Crippen LogP contribution in [0, 0.1) is 6.92 Å². The Balaban J connectivity index is 1.43. The van der Waals surface area contributed by atoms with Gasteiger partial charge in [0.15, 0.2) is 0 Å². The molecule has 4 heterocycles. The average Bonchev–Trinajstić information content (AvgIpc) is 3.51. The fraction of sp³-hybridized carbons (Fsp3) is 0.375. The van der Waals surface area contributed by atoms with Crippen molar-refractivity contribution >= 4 is 33.7 Å². The van der Waals surface area contributed by atoms with Crippen LogP contribution in [0.2, 0.25) is 0 Å². The molecule has 1 aliphatic heterocycles. The first kappa shape index (κ1) is 20.8. The molecule has 1 aliphatic rings. The largest absolute Gasteiger partial charge is 0.338 e. The number of imidazole rings is 1. The molecule has 32 heavy (non-hydrogen) atoms. The molecular weight excluding hydrogens is 420 g/mol. The molecule has 5 rings (SSSR count). The lowest BCUT2D eigenvalue weighted by Gasteiger charge is -2.32. The number of piperidine rings is 1. The Hall–Kier alpha value is -3.13. The lowest BCUT2D eigenvalue weighted by atomic mass is 9.94. The molecule has 4 aromatic rings. The van der Waals surface area contributed by atoms with E-state index in [9.17, 15) is 4.79 Å². The van der Waals surface area contributed by atoms with Crippen molar-refractivity contribution in [3.8, 4) is 0 Å². The highest BCUT2D eigenvalue weighted by atomic mass is 32.1. The third-order valence-corrected chi connectivity index (χ3v) is 7.37. The number of thiazole rings is 1. The van der Waals surface area contributed by atoms with Gasteiger partial charge in [0.25, 0.3) is 5.91 Å². The molecule has 0 saturated carbocycles. The summed E-state index contributed by atoms with van der Waals surface area (Å²) in [5.41, 5.74) is 5.03. The maximum absolute atomic E-state index is 13.2. The number of anilines is 2. The number of para-hydroxylation sites is 1. The van der Waals surface area contributed by atoms with Crippen LogP contribution >= 0.6 is 11.3 Å². The smallest absolute Gasteiger partial charge is 0.257 e. The van der Waals surface area contributed by atoms with Crippen LogP contribution in [0.25, 0.3) is 4.83 Å². The Labute approximate surface area is 191 Å². The molecule has 1 atom stereocenters. The van der Waals surface area contributed by atoms with Crippen molar-refractivity contribution in [3.05, 3.63) is 64.6 Å². The fourth-order valence-electron chi connectivity index (χ4n) is 4.54. The number of nitrogens with zero attached hydrogens (tertiary/aromatic N) is 5. The number of amides is 1. The number of fused-ring (bicyclic) bond motifs is 1. The van der Waals surface area contributed by atoms with Gasteiger partial charge < -0.3 is 10.2 Å². The number of aryl methyl sites for hydroxylation is 2. The third kappa shape index (κ3) is 3.58. The highest BCUT2D eigenvalue weighted by Gasteiger charge is 2.30. The van der Waals surface area contributed by atoms with Crippen molar-refractivity contribution in [1.82, 2.24) is 24.1 Å². The minimum Gasteiger partial charge on any atom is -0.338 e. The van der Waals surface area contributed by atoms with Crippen LogP contribution in [0.15, 0.2) is 42.0 Å². The second-order valence-corrected chi connectivity index (χ2v) is 9.29.